The third-order valence-corrected chi connectivity index (χ3v) is 3.72. The number of phenolic OH excluding ortho intramolecular Hbond substituents is 1. The summed E-state index contributed by atoms with van der Waals surface area (Å²) in [5.74, 6) is -1.26. The number of aromatic hydroxyl groups is 1. The third-order valence-electron chi connectivity index (χ3n) is 3.72. The number of nitrogens with zero attached hydrogens (tertiary/aromatic N) is 1. The Morgan fingerprint density at radius 3 is 2.75 bits per heavy atom. The van der Waals surface area contributed by atoms with Gasteiger partial charge >= 0.3 is 0 Å². The fraction of sp³-hybridized carbons (Fsp3) is 0.308. The lowest BCUT2D eigenvalue weighted by atomic mass is 10.0. The molecule has 1 fully saturated rings. The lowest BCUT2D eigenvalue weighted by Crippen LogP contribution is -2.52. The number of phenols is 1. The molecule has 4 N–H and O–H groups in total. The van der Waals surface area contributed by atoms with Crippen LogP contribution in [0.3, 0.4) is 0 Å². The van der Waals surface area contributed by atoms with Gasteiger partial charge in [-0.05, 0) is 18.6 Å². The number of nitrogen functional groups attached to an aromatic ring is 1. The molecular weight excluding hydrogens is 262 g/mol. The third kappa shape index (κ3) is 1.70. The van der Waals surface area contributed by atoms with Gasteiger partial charge in [0.25, 0.3) is 5.91 Å². The van der Waals surface area contributed by atoms with Crippen LogP contribution >= 0.6 is 0 Å². The van der Waals surface area contributed by atoms with E-state index >= 15 is 0 Å². The molecular formula is C13H13N3O4. The van der Waals surface area contributed by atoms with Crippen LogP contribution in [0.2, 0.25) is 0 Å². The topological polar surface area (TPSA) is 113 Å². The lowest BCUT2D eigenvalue weighted by molar-refractivity contribution is -0.136. The second-order valence-electron chi connectivity index (χ2n) is 4.93. The van der Waals surface area contributed by atoms with Gasteiger partial charge in [0.05, 0.1) is 12.2 Å². The number of carbonyl (C=O) groups is 3. The fourth-order valence-corrected chi connectivity index (χ4v) is 2.64. The minimum absolute atomic E-state index is 0.120. The van der Waals surface area contributed by atoms with Gasteiger partial charge in [0.1, 0.15) is 11.8 Å². The molecule has 1 saturated heterocycles. The summed E-state index contributed by atoms with van der Waals surface area (Å²) in [5, 5.41) is 12.1. The molecule has 0 radical (unpaired) electrons. The fourth-order valence-electron chi connectivity index (χ4n) is 2.64. The summed E-state index contributed by atoms with van der Waals surface area (Å²) in [6.07, 6.45) is 0.491. The van der Waals surface area contributed by atoms with Crippen molar-refractivity contribution in [2.45, 2.75) is 25.4 Å². The maximum atomic E-state index is 12.3. The minimum Gasteiger partial charge on any atom is -0.505 e. The van der Waals surface area contributed by atoms with E-state index in [4.69, 9.17) is 5.73 Å². The van der Waals surface area contributed by atoms with E-state index in [0.29, 0.717) is 17.5 Å². The molecule has 0 spiro atoms. The molecule has 0 aromatic heterocycles. The standard InChI is InChI=1S/C13H13N3O4/c14-8-2-1-6-7(11(8)18)5-16(13(6)20)9-3-4-10(17)15-12(9)19/h1-2,9,18H,3-5,14H2,(H,15,17,19). The summed E-state index contributed by atoms with van der Waals surface area (Å²) in [7, 11) is 0. The van der Waals surface area contributed by atoms with Gasteiger partial charge in [-0.2, -0.15) is 0 Å². The van der Waals surface area contributed by atoms with Crippen molar-refractivity contribution in [1.82, 2.24) is 10.2 Å². The van der Waals surface area contributed by atoms with E-state index in [1.54, 1.807) is 6.07 Å². The van der Waals surface area contributed by atoms with Gasteiger partial charge in [-0.3, -0.25) is 19.7 Å². The highest BCUT2D eigenvalue weighted by Crippen LogP contribution is 2.36. The number of rotatable bonds is 1. The van der Waals surface area contributed by atoms with Crippen molar-refractivity contribution in [2.24, 2.45) is 0 Å². The van der Waals surface area contributed by atoms with Gasteiger partial charge in [-0.25, -0.2) is 0 Å². The Bertz CT molecular complexity index is 641. The number of hydrogen-bond acceptors (Lipinski definition) is 5. The molecule has 0 saturated carbocycles. The Morgan fingerprint density at radius 2 is 2.05 bits per heavy atom. The van der Waals surface area contributed by atoms with Crippen molar-refractivity contribution in [3.8, 4) is 5.75 Å². The van der Waals surface area contributed by atoms with Gasteiger partial charge in [-0.15, -0.1) is 0 Å². The van der Waals surface area contributed by atoms with Crippen molar-refractivity contribution < 1.29 is 19.5 Å². The Hall–Kier alpha value is -2.57. The first kappa shape index (κ1) is 12.5. The van der Waals surface area contributed by atoms with Crippen LogP contribution in [0.15, 0.2) is 12.1 Å². The smallest absolute Gasteiger partial charge is 0.255 e. The van der Waals surface area contributed by atoms with Crippen molar-refractivity contribution in [3.63, 3.8) is 0 Å². The normalized spacial score (nSPS) is 21.9. The Labute approximate surface area is 114 Å². The molecule has 1 atom stereocenters. The number of nitrogens with two attached hydrogens (primary N) is 1. The van der Waals surface area contributed by atoms with Crippen LogP contribution in [0.4, 0.5) is 5.69 Å². The number of amides is 3. The van der Waals surface area contributed by atoms with Crippen LogP contribution in [-0.2, 0) is 16.1 Å². The zero-order valence-corrected chi connectivity index (χ0v) is 10.5. The van der Waals surface area contributed by atoms with E-state index < -0.39 is 11.9 Å². The van der Waals surface area contributed by atoms with E-state index in [2.05, 4.69) is 5.32 Å². The van der Waals surface area contributed by atoms with Gasteiger partial charge in [-0.1, -0.05) is 0 Å². The monoisotopic (exact) mass is 275 g/mol. The maximum absolute atomic E-state index is 12.3. The average molecular weight is 275 g/mol. The number of fused-ring (bicyclic) bond motifs is 1. The van der Waals surface area contributed by atoms with Crippen LogP contribution in [0.25, 0.3) is 0 Å². The quantitative estimate of drug-likeness (QED) is 0.371. The Kier molecular flexibility index (Phi) is 2.63. The van der Waals surface area contributed by atoms with Crippen molar-refractivity contribution >= 4 is 23.4 Å². The molecule has 20 heavy (non-hydrogen) atoms. The van der Waals surface area contributed by atoms with E-state index in [9.17, 15) is 19.5 Å². The van der Waals surface area contributed by atoms with Crippen molar-refractivity contribution in [2.75, 3.05) is 5.73 Å². The molecule has 7 heteroatoms. The molecule has 3 amide bonds. The summed E-state index contributed by atoms with van der Waals surface area (Å²) in [6, 6.07) is 2.31. The number of imide groups is 1. The second-order valence-corrected chi connectivity index (χ2v) is 4.93. The zero-order valence-electron chi connectivity index (χ0n) is 10.5. The second kappa shape index (κ2) is 4.22. The lowest BCUT2D eigenvalue weighted by Gasteiger charge is -2.29. The Morgan fingerprint density at radius 1 is 1.30 bits per heavy atom. The van der Waals surface area contributed by atoms with Crippen LogP contribution < -0.4 is 11.1 Å². The van der Waals surface area contributed by atoms with Gasteiger partial charge < -0.3 is 15.7 Å². The number of benzene rings is 1. The molecule has 2 heterocycles. The van der Waals surface area contributed by atoms with Crippen LogP contribution in [0, 0.1) is 0 Å². The van der Waals surface area contributed by atoms with Crippen LogP contribution in [0.1, 0.15) is 28.8 Å². The van der Waals surface area contributed by atoms with Crippen molar-refractivity contribution in [3.05, 3.63) is 23.3 Å². The summed E-state index contributed by atoms with van der Waals surface area (Å²) in [5.41, 5.74) is 6.58. The van der Waals surface area contributed by atoms with E-state index in [0.717, 1.165) is 0 Å². The maximum Gasteiger partial charge on any atom is 0.255 e. The highest BCUT2D eigenvalue weighted by atomic mass is 16.3. The van der Waals surface area contributed by atoms with Crippen molar-refractivity contribution in [1.29, 1.82) is 0 Å². The number of nitrogens with one attached hydrogen (secondary N) is 1. The minimum atomic E-state index is -0.687. The Balaban J connectivity index is 1.92. The first-order chi connectivity index (χ1) is 9.49. The number of piperidine rings is 1. The first-order valence-corrected chi connectivity index (χ1v) is 6.24. The van der Waals surface area contributed by atoms with Gasteiger partial charge in [0.15, 0.2) is 0 Å². The summed E-state index contributed by atoms with van der Waals surface area (Å²) in [6.45, 7) is 0.122. The molecule has 0 aliphatic carbocycles. The van der Waals surface area contributed by atoms with E-state index in [1.165, 1.54) is 11.0 Å². The number of hydrogen-bond donors (Lipinski definition) is 3. The summed E-state index contributed by atoms with van der Waals surface area (Å²) >= 11 is 0. The van der Waals surface area contributed by atoms with Gasteiger partial charge in [0.2, 0.25) is 11.8 Å². The molecule has 1 unspecified atom stereocenters. The summed E-state index contributed by atoms with van der Waals surface area (Å²) < 4.78 is 0. The predicted octanol–water partition coefficient (Wildman–Crippen LogP) is -0.265. The molecule has 104 valence electrons. The molecule has 7 nitrogen and oxygen atoms in total. The zero-order chi connectivity index (χ0) is 14.4. The highest BCUT2D eigenvalue weighted by Gasteiger charge is 2.40. The molecule has 2 aliphatic heterocycles. The number of anilines is 1. The van der Waals surface area contributed by atoms with E-state index in [-0.39, 0.29) is 36.2 Å². The first-order valence-electron chi connectivity index (χ1n) is 6.24. The molecule has 3 rings (SSSR count). The molecule has 1 aromatic rings. The van der Waals surface area contributed by atoms with E-state index in [1.807, 2.05) is 0 Å². The summed E-state index contributed by atoms with van der Waals surface area (Å²) in [4.78, 5) is 36.6. The average Bonchev–Trinajstić information content (AvgIpc) is 2.72. The van der Waals surface area contributed by atoms with Crippen LogP contribution in [-0.4, -0.2) is 33.8 Å². The predicted molar refractivity (Wildman–Crippen MR) is 68.6 cm³/mol. The SMILES string of the molecule is Nc1ccc2c(c1O)CN(C1CCC(=O)NC1=O)C2=O. The number of carbonyl (C=O) groups excluding carboxylic acids is 3. The van der Waals surface area contributed by atoms with Gasteiger partial charge in [0, 0.05) is 17.5 Å². The molecule has 0 bridgehead atoms. The molecule has 2 aliphatic rings. The highest BCUT2D eigenvalue weighted by molar-refractivity contribution is 6.06. The largest absolute Gasteiger partial charge is 0.505 e. The molecule has 1 aromatic carbocycles. The van der Waals surface area contributed by atoms with Crippen LogP contribution in [0.5, 0.6) is 5.75 Å².